The zero-order valence-corrected chi connectivity index (χ0v) is 15.1. The summed E-state index contributed by atoms with van der Waals surface area (Å²) in [6.07, 6.45) is 4.21. The standard InChI is InChI=1S/C23H23NO2/c1-3-17(2)20-11-7-8-12-21(20)24-23(25)16-14-19-13-15-22(26-19)18-9-5-4-6-10-18/h4-17H,3H2,1-2H3,(H,24,25)/b16-14+/t17-/m1/s1. The molecule has 0 saturated carbocycles. The number of nitrogens with one attached hydrogen (secondary N) is 1. The molecule has 3 nitrogen and oxygen atoms in total. The first-order valence-electron chi connectivity index (χ1n) is 8.90. The van der Waals surface area contributed by atoms with Crippen molar-refractivity contribution in [3.8, 4) is 11.3 Å². The van der Waals surface area contributed by atoms with Gasteiger partial charge in [-0.2, -0.15) is 0 Å². The van der Waals surface area contributed by atoms with Gasteiger partial charge in [0.2, 0.25) is 5.91 Å². The van der Waals surface area contributed by atoms with Crippen molar-refractivity contribution in [1.29, 1.82) is 0 Å². The quantitative estimate of drug-likeness (QED) is 0.547. The van der Waals surface area contributed by atoms with E-state index < -0.39 is 0 Å². The molecule has 1 N–H and O–H groups in total. The van der Waals surface area contributed by atoms with Crippen LogP contribution in [0.5, 0.6) is 0 Å². The first kappa shape index (κ1) is 17.7. The largest absolute Gasteiger partial charge is 0.457 e. The maximum absolute atomic E-state index is 12.3. The number of hydrogen-bond acceptors (Lipinski definition) is 2. The Morgan fingerprint density at radius 3 is 2.54 bits per heavy atom. The normalized spacial score (nSPS) is 12.2. The number of carbonyl (C=O) groups is 1. The van der Waals surface area contributed by atoms with Crippen molar-refractivity contribution >= 4 is 17.7 Å². The Morgan fingerprint density at radius 2 is 1.77 bits per heavy atom. The van der Waals surface area contributed by atoms with Crippen molar-refractivity contribution < 1.29 is 9.21 Å². The second-order valence-corrected chi connectivity index (χ2v) is 6.29. The number of anilines is 1. The zero-order valence-electron chi connectivity index (χ0n) is 15.1. The molecule has 0 fully saturated rings. The van der Waals surface area contributed by atoms with Gasteiger partial charge in [0.05, 0.1) is 0 Å². The van der Waals surface area contributed by atoms with Gasteiger partial charge in [0.1, 0.15) is 11.5 Å². The summed E-state index contributed by atoms with van der Waals surface area (Å²) in [5.41, 5.74) is 3.03. The van der Waals surface area contributed by atoms with Crippen molar-refractivity contribution in [2.24, 2.45) is 0 Å². The number of carbonyl (C=O) groups excluding carboxylic acids is 1. The van der Waals surface area contributed by atoms with Gasteiger partial charge in [-0.3, -0.25) is 4.79 Å². The summed E-state index contributed by atoms with van der Waals surface area (Å²) >= 11 is 0. The fourth-order valence-corrected chi connectivity index (χ4v) is 2.79. The molecule has 132 valence electrons. The Kier molecular flexibility index (Phi) is 5.69. The van der Waals surface area contributed by atoms with E-state index in [-0.39, 0.29) is 5.91 Å². The molecule has 1 heterocycles. The molecule has 1 amide bonds. The van der Waals surface area contributed by atoms with Crippen LogP contribution in [0.2, 0.25) is 0 Å². The monoisotopic (exact) mass is 345 g/mol. The number of hydrogen-bond donors (Lipinski definition) is 1. The van der Waals surface area contributed by atoms with Crippen LogP contribution in [0.1, 0.15) is 37.5 Å². The summed E-state index contributed by atoms with van der Waals surface area (Å²) in [5, 5.41) is 2.97. The Bertz CT molecular complexity index is 893. The van der Waals surface area contributed by atoms with Crippen molar-refractivity contribution in [3.63, 3.8) is 0 Å². The van der Waals surface area contributed by atoms with Gasteiger partial charge in [-0.15, -0.1) is 0 Å². The van der Waals surface area contributed by atoms with Crippen LogP contribution in [0.25, 0.3) is 17.4 Å². The lowest BCUT2D eigenvalue weighted by atomic mass is 9.97. The van der Waals surface area contributed by atoms with Crippen LogP contribution >= 0.6 is 0 Å². The molecule has 0 saturated heterocycles. The van der Waals surface area contributed by atoms with E-state index in [1.54, 1.807) is 6.08 Å². The SMILES string of the molecule is CC[C@@H](C)c1ccccc1NC(=O)/C=C/c1ccc(-c2ccccc2)o1. The van der Waals surface area contributed by atoms with Crippen LogP contribution < -0.4 is 5.32 Å². The average Bonchev–Trinajstić information content (AvgIpc) is 3.16. The number of rotatable bonds is 6. The molecule has 1 atom stereocenters. The van der Waals surface area contributed by atoms with Gasteiger partial charge >= 0.3 is 0 Å². The molecule has 3 rings (SSSR count). The fourth-order valence-electron chi connectivity index (χ4n) is 2.79. The van der Waals surface area contributed by atoms with E-state index in [4.69, 9.17) is 4.42 Å². The molecule has 3 heteroatoms. The van der Waals surface area contributed by atoms with E-state index in [2.05, 4.69) is 25.2 Å². The van der Waals surface area contributed by atoms with E-state index in [1.165, 1.54) is 6.08 Å². The molecule has 0 aliphatic carbocycles. The van der Waals surface area contributed by atoms with Crippen LogP contribution in [0.4, 0.5) is 5.69 Å². The van der Waals surface area contributed by atoms with Gasteiger partial charge in [0.25, 0.3) is 0 Å². The van der Waals surface area contributed by atoms with Crippen LogP contribution in [-0.4, -0.2) is 5.91 Å². The maximum atomic E-state index is 12.3. The highest BCUT2D eigenvalue weighted by Gasteiger charge is 2.10. The molecule has 0 aliphatic rings. The lowest BCUT2D eigenvalue weighted by Gasteiger charge is -2.14. The summed E-state index contributed by atoms with van der Waals surface area (Å²) < 4.78 is 5.78. The summed E-state index contributed by atoms with van der Waals surface area (Å²) in [6.45, 7) is 4.30. The molecule has 0 radical (unpaired) electrons. The van der Waals surface area contributed by atoms with E-state index in [9.17, 15) is 4.79 Å². The summed E-state index contributed by atoms with van der Waals surface area (Å²) in [7, 11) is 0. The molecule has 0 unspecified atom stereocenters. The molecule has 2 aromatic carbocycles. The van der Waals surface area contributed by atoms with Crippen molar-refractivity contribution in [2.75, 3.05) is 5.32 Å². The highest BCUT2D eigenvalue weighted by atomic mass is 16.3. The van der Waals surface area contributed by atoms with Crippen LogP contribution in [-0.2, 0) is 4.79 Å². The third-order valence-corrected chi connectivity index (χ3v) is 4.45. The van der Waals surface area contributed by atoms with Gasteiger partial charge < -0.3 is 9.73 Å². The summed E-state index contributed by atoms with van der Waals surface area (Å²) in [6, 6.07) is 21.6. The second kappa shape index (κ2) is 8.34. The second-order valence-electron chi connectivity index (χ2n) is 6.29. The molecule has 0 spiro atoms. The van der Waals surface area contributed by atoms with E-state index in [1.807, 2.05) is 60.7 Å². The smallest absolute Gasteiger partial charge is 0.248 e. The van der Waals surface area contributed by atoms with E-state index in [0.29, 0.717) is 11.7 Å². The van der Waals surface area contributed by atoms with Crippen molar-refractivity contribution in [3.05, 3.63) is 84.1 Å². The zero-order chi connectivity index (χ0) is 18.4. The number of furan rings is 1. The molecule has 0 bridgehead atoms. The van der Waals surface area contributed by atoms with Crippen molar-refractivity contribution in [1.82, 2.24) is 0 Å². The summed E-state index contributed by atoms with van der Waals surface area (Å²) in [5.74, 6) is 1.66. The third kappa shape index (κ3) is 4.31. The number of para-hydroxylation sites is 1. The Balaban J connectivity index is 1.69. The first-order chi connectivity index (χ1) is 12.7. The van der Waals surface area contributed by atoms with E-state index in [0.717, 1.165) is 29.0 Å². The maximum Gasteiger partial charge on any atom is 0.248 e. The molecule has 3 aromatic rings. The molecule has 0 aliphatic heterocycles. The minimum absolute atomic E-state index is 0.168. The summed E-state index contributed by atoms with van der Waals surface area (Å²) in [4.78, 5) is 12.3. The van der Waals surface area contributed by atoms with Gasteiger partial charge in [-0.05, 0) is 42.2 Å². The predicted molar refractivity (Wildman–Crippen MR) is 107 cm³/mol. The minimum Gasteiger partial charge on any atom is -0.457 e. The van der Waals surface area contributed by atoms with Gasteiger partial charge in [-0.25, -0.2) is 0 Å². The molecular formula is C23H23NO2. The van der Waals surface area contributed by atoms with Gasteiger partial charge in [0.15, 0.2) is 0 Å². The number of amides is 1. The fraction of sp³-hybridized carbons (Fsp3) is 0.174. The van der Waals surface area contributed by atoms with Crippen LogP contribution in [0.15, 0.2) is 77.2 Å². The lowest BCUT2D eigenvalue weighted by Crippen LogP contribution is -2.10. The lowest BCUT2D eigenvalue weighted by molar-refractivity contribution is -0.111. The highest BCUT2D eigenvalue weighted by Crippen LogP contribution is 2.26. The first-order valence-corrected chi connectivity index (χ1v) is 8.90. The molecular weight excluding hydrogens is 322 g/mol. The molecule has 1 aromatic heterocycles. The minimum atomic E-state index is -0.168. The Morgan fingerprint density at radius 1 is 1.04 bits per heavy atom. The highest BCUT2D eigenvalue weighted by molar-refractivity contribution is 6.02. The average molecular weight is 345 g/mol. The van der Waals surface area contributed by atoms with Crippen molar-refractivity contribution in [2.45, 2.75) is 26.2 Å². The van der Waals surface area contributed by atoms with Crippen LogP contribution in [0, 0.1) is 0 Å². The predicted octanol–water partition coefficient (Wildman–Crippen LogP) is 6.11. The number of benzene rings is 2. The van der Waals surface area contributed by atoms with Gasteiger partial charge in [-0.1, -0.05) is 62.4 Å². The van der Waals surface area contributed by atoms with Gasteiger partial charge in [0, 0.05) is 17.3 Å². The third-order valence-electron chi connectivity index (χ3n) is 4.45. The Hall–Kier alpha value is -3.07. The topological polar surface area (TPSA) is 42.2 Å². The Labute approximate surface area is 154 Å². The molecule has 26 heavy (non-hydrogen) atoms. The van der Waals surface area contributed by atoms with E-state index >= 15 is 0 Å². The van der Waals surface area contributed by atoms with Crippen LogP contribution in [0.3, 0.4) is 0 Å².